The summed E-state index contributed by atoms with van der Waals surface area (Å²) in [6, 6.07) is 11.7. The quantitative estimate of drug-likeness (QED) is 0.252. The van der Waals surface area contributed by atoms with Crippen LogP contribution in [0.25, 0.3) is 0 Å². The molecule has 24 heavy (non-hydrogen) atoms. The third-order valence-corrected chi connectivity index (χ3v) is 5.07. The highest BCUT2D eigenvalue weighted by Gasteiger charge is 1.95. The number of benzene rings is 1. The predicted octanol–water partition coefficient (Wildman–Crippen LogP) is 8.29. The number of aryl methyl sites for hydroxylation is 1. The van der Waals surface area contributed by atoms with Crippen LogP contribution in [0.3, 0.4) is 0 Å². The molecule has 0 heteroatoms. The van der Waals surface area contributed by atoms with E-state index < -0.39 is 0 Å². The average molecular weight is 330 g/mol. The highest BCUT2D eigenvalue weighted by Crippen LogP contribution is 2.14. The van der Waals surface area contributed by atoms with Crippen LogP contribution in [0, 0.1) is 6.07 Å². The normalized spacial score (nSPS) is 11.0. The van der Waals surface area contributed by atoms with E-state index in [1.54, 1.807) is 0 Å². The lowest BCUT2D eigenvalue weighted by Crippen LogP contribution is -1.86. The van der Waals surface area contributed by atoms with Gasteiger partial charge in [-0.05, 0) is 24.5 Å². The lowest BCUT2D eigenvalue weighted by molar-refractivity contribution is 0.529. The van der Waals surface area contributed by atoms with Crippen molar-refractivity contribution in [3.05, 3.63) is 35.9 Å². The summed E-state index contributed by atoms with van der Waals surface area (Å²) in [6.07, 6.45) is 24.3. The molecule has 137 valence electrons. The van der Waals surface area contributed by atoms with Gasteiger partial charge in [0, 0.05) is 0 Å². The van der Waals surface area contributed by atoms with E-state index in [0.717, 1.165) is 0 Å². The monoisotopic (exact) mass is 329 g/mol. The van der Waals surface area contributed by atoms with Gasteiger partial charge in [-0.25, -0.2) is 0 Å². The van der Waals surface area contributed by atoms with Crippen molar-refractivity contribution in [1.82, 2.24) is 0 Å². The minimum Gasteiger partial charge on any atom is -0.0654 e. The van der Waals surface area contributed by atoms with Crippen LogP contribution in [-0.4, -0.2) is 0 Å². The molecule has 0 aliphatic rings. The molecule has 0 saturated heterocycles. The van der Waals surface area contributed by atoms with Gasteiger partial charge in [0.25, 0.3) is 0 Å². The molecule has 0 heterocycles. The van der Waals surface area contributed by atoms with Gasteiger partial charge in [0.1, 0.15) is 0 Å². The van der Waals surface area contributed by atoms with Gasteiger partial charge in [-0.1, -0.05) is 128 Å². The van der Waals surface area contributed by atoms with Gasteiger partial charge in [-0.3, -0.25) is 0 Å². The molecule has 0 nitrogen and oxygen atoms in total. The molecule has 1 aromatic rings. The van der Waals surface area contributed by atoms with Gasteiger partial charge in [0.2, 0.25) is 0 Å². The zero-order valence-electron chi connectivity index (χ0n) is 16.3. The standard InChI is InChI=1S/C24H41/c1-2-3-4-5-6-7-8-9-10-11-12-13-14-15-16-18-21-24-22-19-17-20-23-24/h17,19-20,22H,2-16,18,21H2,1H3. The fourth-order valence-corrected chi connectivity index (χ4v) is 3.45. The molecule has 0 amide bonds. The topological polar surface area (TPSA) is 0 Å². The molecule has 0 bridgehead atoms. The van der Waals surface area contributed by atoms with Crippen molar-refractivity contribution < 1.29 is 0 Å². The van der Waals surface area contributed by atoms with E-state index in [1.165, 1.54) is 115 Å². The van der Waals surface area contributed by atoms with Crippen LogP contribution in [0.4, 0.5) is 0 Å². The lowest BCUT2D eigenvalue weighted by atomic mass is 10.0. The molecule has 1 aromatic carbocycles. The highest BCUT2D eigenvalue weighted by atomic mass is 14.0. The second-order valence-electron chi connectivity index (χ2n) is 7.44. The average Bonchev–Trinajstić information content (AvgIpc) is 2.62. The Kier molecular flexibility index (Phi) is 15.1. The molecule has 0 aliphatic carbocycles. The molecule has 1 radical (unpaired) electrons. The molecule has 0 spiro atoms. The maximum absolute atomic E-state index is 3.32. The van der Waals surface area contributed by atoms with E-state index in [2.05, 4.69) is 31.2 Å². The third-order valence-electron chi connectivity index (χ3n) is 5.07. The van der Waals surface area contributed by atoms with Gasteiger partial charge in [-0.15, -0.1) is 0 Å². The summed E-state index contributed by atoms with van der Waals surface area (Å²) in [5.41, 5.74) is 1.38. The molecule has 0 aliphatic heterocycles. The van der Waals surface area contributed by atoms with Crippen LogP contribution in [0.1, 0.15) is 115 Å². The lowest BCUT2D eigenvalue weighted by Gasteiger charge is -2.04. The van der Waals surface area contributed by atoms with Crippen molar-refractivity contribution >= 4 is 0 Å². The van der Waals surface area contributed by atoms with Gasteiger partial charge in [0.05, 0.1) is 0 Å². The van der Waals surface area contributed by atoms with Gasteiger partial charge < -0.3 is 0 Å². The van der Waals surface area contributed by atoms with E-state index in [0.29, 0.717) is 0 Å². The van der Waals surface area contributed by atoms with E-state index in [9.17, 15) is 0 Å². The molecular formula is C24H41. The van der Waals surface area contributed by atoms with Gasteiger partial charge in [-0.2, -0.15) is 0 Å². The van der Waals surface area contributed by atoms with E-state index in [1.807, 2.05) is 6.07 Å². The first kappa shape index (κ1) is 21.3. The Morgan fingerprint density at radius 1 is 0.583 bits per heavy atom. The van der Waals surface area contributed by atoms with Crippen LogP contribution in [0.2, 0.25) is 0 Å². The zero-order valence-corrected chi connectivity index (χ0v) is 16.3. The molecule has 0 saturated carbocycles. The Bertz CT molecular complexity index is 340. The fraction of sp³-hybridized carbons (Fsp3) is 0.750. The van der Waals surface area contributed by atoms with Crippen molar-refractivity contribution in [3.63, 3.8) is 0 Å². The molecule has 0 fully saturated rings. The Morgan fingerprint density at radius 2 is 1.04 bits per heavy atom. The maximum atomic E-state index is 3.32. The second kappa shape index (κ2) is 17.1. The summed E-state index contributed by atoms with van der Waals surface area (Å²) in [5.74, 6) is 0. The number of rotatable bonds is 17. The largest absolute Gasteiger partial charge is 0.0654 e. The molecule has 0 unspecified atom stereocenters. The molecule has 1 rings (SSSR count). The van der Waals surface area contributed by atoms with E-state index >= 15 is 0 Å². The molecule has 0 atom stereocenters. The second-order valence-corrected chi connectivity index (χ2v) is 7.44. The number of hydrogen-bond donors (Lipinski definition) is 0. The predicted molar refractivity (Wildman–Crippen MR) is 109 cm³/mol. The van der Waals surface area contributed by atoms with Crippen LogP contribution in [0.15, 0.2) is 24.3 Å². The summed E-state index contributed by atoms with van der Waals surface area (Å²) >= 11 is 0. The number of unbranched alkanes of at least 4 members (excludes halogenated alkanes) is 15. The van der Waals surface area contributed by atoms with Crippen LogP contribution in [-0.2, 0) is 6.42 Å². The summed E-state index contributed by atoms with van der Waals surface area (Å²) in [7, 11) is 0. The molecule has 0 aromatic heterocycles. The summed E-state index contributed by atoms with van der Waals surface area (Å²) < 4.78 is 0. The maximum Gasteiger partial charge on any atom is -0.0149 e. The van der Waals surface area contributed by atoms with E-state index in [4.69, 9.17) is 0 Å². The van der Waals surface area contributed by atoms with Crippen LogP contribution >= 0.6 is 0 Å². The summed E-state index contributed by atoms with van der Waals surface area (Å²) in [5, 5.41) is 0. The van der Waals surface area contributed by atoms with Gasteiger partial charge >= 0.3 is 0 Å². The van der Waals surface area contributed by atoms with E-state index in [-0.39, 0.29) is 0 Å². The van der Waals surface area contributed by atoms with Crippen molar-refractivity contribution in [3.8, 4) is 0 Å². The Morgan fingerprint density at radius 3 is 1.46 bits per heavy atom. The zero-order chi connectivity index (χ0) is 17.1. The minimum absolute atomic E-state index is 1.21. The van der Waals surface area contributed by atoms with Crippen molar-refractivity contribution in [2.24, 2.45) is 0 Å². The Hall–Kier alpha value is -0.780. The smallest absolute Gasteiger partial charge is 0.0149 e. The highest BCUT2D eigenvalue weighted by molar-refractivity contribution is 5.12. The van der Waals surface area contributed by atoms with Crippen molar-refractivity contribution in [1.29, 1.82) is 0 Å². The van der Waals surface area contributed by atoms with Crippen molar-refractivity contribution in [2.75, 3.05) is 0 Å². The van der Waals surface area contributed by atoms with Crippen LogP contribution in [0.5, 0.6) is 0 Å². The third kappa shape index (κ3) is 13.6. The summed E-state index contributed by atoms with van der Waals surface area (Å²) in [4.78, 5) is 0. The van der Waals surface area contributed by atoms with Crippen LogP contribution < -0.4 is 0 Å². The molecule has 0 N–H and O–H groups in total. The molecular weight excluding hydrogens is 288 g/mol. The first-order valence-corrected chi connectivity index (χ1v) is 10.9. The van der Waals surface area contributed by atoms with Gasteiger partial charge in [0.15, 0.2) is 0 Å². The fourth-order valence-electron chi connectivity index (χ4n) is 3.45. The first-order chi connectivity index (χ1) is 11.9. The Balaban J connectivity index is 1.70. The van der Waals surface area contributed by atoms with Crippen molar-refractivity contribution in [2.45, 2.75) is 116 Å². The Labute approximate surface area is 152 Å². The summed E-state index contributed by atoms with van der Waals surface area (Å²) in [6.45, 7) is 2.30. The number of hydrogen-bond acceptors (Lipinski definition) is 0. The SMILES string of the molecule is CCCCCCCCCCCCCCCCCCc1[c]cccc1. The minimum atomic E-state index is 1.21. The first-order valence-electron chi connectivity index (χ1n) is 10.9.